The molecule has 0 fully saturated rings. The quantitative estimate of drug-likeness (QED) is 0.257. The summed E-state index contributed by atoms with van der Waals surface area (Å²) < 4.78 is 2.15. The molecule has 3 aromatic carbocycles. The summed E-state index contributed by atoms with van der Waals surface area (Å²) in [6.45, 7) is 8.03. The maximum Gasteiger partial charge on any atom is 0.292 e. The molecule has 4 rings (SSSR count). The van der Waals surface area contributed by atoms with Crippen molar-refractivity contribution in [3.8, 4) is 28.2 Å². The molecule has 0 saturated heterocycles. The van der Waals surface area contributed by atoms with Crippen LogP contribution >= 0.6 is 11.8 Å². The summed E-state index contributed by atoms with van der Waals surface area (Å²) in [5, 5.41) is 10.7. The predicted molar refractivity (Wildman–Crippen MR) is 134 cm³/mol. The van der Waals surface area contributed by atoms with Gasteiger partial charge >= 0.3 is 0 Å². The van der Waals surface area contributed by atoms with Gasteiger partial charge in [0.2, 0.25) is 0 Å². The number of thioether (sulfide) groups is 1. The maximum absolute atomic E-state index is 10.7. The lowest BCUT2D eigenvalue weighted by Gasteiger charge is -2.11. The van der Waals surface area contributed by atoms with Gasteiger partial charge in [-0.15, -0.1) is 11.8 Å². The van der Waals surface area contributed by atoms with Gasteiger partial charge in [0.15, 0.2) is 5.69 Å². The van der Waals surface area contributed by atoms with E-state index in [4.69, 9.17) is 0 Å². The minimum Gasteiger partial charge on any atom is -0.382 e. The summed E-state index contributed by atoms with van der Waals surface area (Å²) in [5.41, 5.74) is 5.69. The van der Waals surface area contributed by atoms with E-state index >= 15 is 0 Å². The van der Waals surface area contributed by atoms with Gasteiger partial charge in [-0.1, -0.05) is 56.3 Å². The van der Waals surface area contributed by atoms with Gasteiger partial charge in [0.05, 0.1) is 5.56 Å². The summed E-state index contributed by atoms with van der Waals surface area (Å²) in [5.74, 6) is 1.36. The minimum absolute atomic E-state index is 0.389. The Balaban J connectivity index is 1.82. The molecule has 0 bridgehead atoms. The standard InChI is InChI=1S/C28H30N2OS/c1-19(2)24-11-6-7-12-25(24)27-29-26(28(3,4)31)18-30(27)22-15-13-20(14-16-22)21-9-8-10-23(17-21)32-5/h6-19,31H,1-5H3/p+1. The molecule has 0 aliphatic heterocycles. The number of hydrogen-bond acceptors (Lipinski definition) is 2. The second kappa shape index (κ2) is 8.97. The Labute approximate surface area is 195 Å². The second-order valence-electron chi connectivity index (χ2n) is 8.97. The van der Waals surface area contributed by atoms with Crippen LogP contribution in [0.2, 0.25) is 0 Å². The van der Waals surface area contributed by atoms with Crippen molar-refractivity contribution in [2.45, 2.75) is 44.1 Å². The van der Waals surface area contributed by atoms with E-state index in [9.17, 15) is 5.11 Å². The van der Waals surface area contributed by atoms with E-state index in [1.165, 1.54) is 21.6 Å². The van der Waals surface area contributed by atoms with Gasteiger partial charge in [0, 0.05) is 4.90 Å². The number of rotatable bonds is 6. The highest BCUT2D eigenvalue weighted by molar-refractivity contribution is 7.98. The molecule has 4 aromatic rings. The molecule has 0 radical (unpaired) electrons. The van der Waals surface area contributed by atoms with Crippen LogP contribution in [0.15, 0.2) is 83.9 Å². The van der Waals surface area contributed by atoms with Gasteiger partial charge in [-0.2, -0.15) is 4.57 Å². The van der Waals surface area contributed by atoms with Crippen molar-refractivity contribution in [2.24, 2.45) is 0 Å². The molecule has 0 spiro atoms. The SMILES string of the molecule is CSc1cccc(-c2ccc(-[n+]3cc(C(C)(C)O)[nH]c3-c3ccccc3C(C)C)cc2)c1. The summed E-state index contributed by atoms with van der Waals surface area (Å²) >= 11 is 1.75. The average molecular weight is 444 g/mol. The van der Waals surface area contributed by atoms with Gasteiger partial charge in [0.1, 0.15) is 17.5 Å². The van der Waals surface area contributed by atoms with E-state index < -0.39 is 5.60 Å². The van der Waals surface area contributed by atoms with E-state index in [1.54, 1.807) is 11.8 Å². The molecule has 164 valence electrons. The Bertz CT molecular complexity index is 1220. The zero-order valence-corrected chi connectivity index (χ0v) is 20.2. The molecule has 0 saturated carbocycles. The van der Waals surface area contributed by atoms with E-state index in [1.807, 2.05) is 20.0 Å². The van der Waals surface area contributed by atoms with E-state index in [-0.39, 0.29) is 0 Å². The van der Waals surface area contributed by atoms with Crippen LogP contribution in [0.4, 0.5) is 0 Å². The van der Waals surface area contributed by atoms with Crippen LogP contribution in [-0.2, 0) is 5.60 Å². The average Bonchev–Trinajstić information content (AvgIpc) is 3.25. The number of aliphatic hydroxyl groups is 1. The normalized spacial score (nSPS) is 11.8. The lowest BCUT2D eigenvalue weighted by molar-refractivity contribution is -0.582. The van der Waals surface area contributed by atoms with Crippen molar-refractivity contribution in [2.75, 3.05) is 6.26 Å². The molecule has 3 nitrogen and oxygen atoms in total. The molecular weight excluding hydrogens is 412 g/mol. The Morgan fingerprint density at radius 3 is 2.28 bits per heavy atom. The van der Waals surface area contributed by atoms with Crippen LogP contribution in [0.1, 0.15) is 44.9 Å². The van der Waals surface area contributed by atoms with Crippen molar-refractivity contribution < 1.29 is 9.67 Å². The summed E-state index contributed by atoms with van der Waals surface area (Å²) in [7, 11) is 0. The van der Waals surface area contributed by atoms with Crippen LogP contribution in [0.5, 0.6) is 0 Å². The zero-order valence-electron chi connectivity index (χ0n) is 19.4. The Morgan fingerprint density at radius 1 is 0.906 bits per heavy atom. The fraction of sp³-hybridized carbons (Fsp3) is 0.250. The number of H-pyrrole nitrogens is 1. The molecule has 0 atom stereocenters. The lowest BCUT2D eigenvalue weighted by atomic mass is 9.96. The third-order valence-corrected chi connectivity index (χ3v) is 6.52. The third kappa shape index (κ3) is 4.52. The second-order valence-corrected chi connectivity index (χ2v) is 9.85. The van der Waals surface area contributed by atoms with Crippen LogP contribution in [0.25, 0.3) is 28.2 Å². The molecular formula is C28H31N2OS+. The summed E-state index contributed by atoms with van der Waals surface area (Å²) in [4.78, 5) is 4.76. The minimum atomic E-state index is -0.967. The fourth-order valence-electron chi connectivity index (χ4n) is 3.96. The predicted octanol–water partition coefficient (Wildman–Crippen LogP) is 6.70. The van der Waals surface area contributed by atoms with Crippen molar-refractivity contribution in [3.63, 3.8) is 0 Å². The summed E-state index contributed by atoms with van der Waals surface area (Å²) in [6.07, 6.45) is 4.11. The lowest BCUT2D eigenvalue weighted by Crippen LogP contribution is -2.31. The smallest absolute Gasteiger partial charge is 0.292 e. The first kappa shape index (κ1) is 22.4. The number of nitrogens with zero attached hydrogens (tertiary/aromatic N) is 1. The first-order valence-electron chi connectivity index (χ1n) is 11.0. The molecule has 0 aliphatic rings. The van der Waals surface area contributed by atoms with E-state index in [2.05, 4.69) is 102 Å². The van der Waals surface area contributed by atoms with Gasteiger partial charge in [-0.3, -0.25) is 0 Å². The molecule has 0 amide bonds. The molecule has 1 heterocycles. The van der Waals surface area contributed by atoms with Gasteiger partial charge in [-0.05, 0) is 73.0 Å². The first-order chi connectivity index (χ1) is 15.3. The highest BCUT2D eigenvalue weighted by atomic mass is 32.2. The van der Waals surface area contributed by atoms with Crippen LogP contribution in [0.3, 0.4) is 0 Å². The number of aromatic amines is 1. The number of imidazole rings is 1. The molecule has 4 heteroatoms. The third-order valence-electron chi connectivity index (χ3n) is 5.80. The van der Waals surface area contributed by atoms with Crippen LogP contribution in [-0.4, -0.2) is 16.3 Å². The fourth-order valence-corrected chi connectivity index (χ4v) is 4.42. The highest BCUT2D eigenvalue weighted by Gasteiger charge is 2.29. The number of benzene rings is 3. The van der Waals surface area contributed by atoms with Crippen molar-refractivity contribution in [3.05, 3.63) is 90.3 Å². The molecule has 32 heavy (non-hydrogen) atoms. The Hall–Kier alpha value is -2.82. The number of hydrogen-bond donors (Lipinski definition) is 2. The topological polar surface area (TPSA) is 39.9 Å². The van der Waals surface area contributed by atoms with Gasteiger partial charge in [-0.25, -0.2) is 4.98 Å². The Kier molecular flexibility index (Phi) is 6.27. The first-order valence-corrected chi connectivity index (χ1v) is 12.2. The molecule has 0 aliphatic carbocycles. The van der Waals surface area contributed by atoms with E-state index in [0.29, 0.717) is 5.92 Å². The Morgan fingerprint density at radius 2 is 1.62 bits per heavy atom. The van der Waals surface area contributed by atoms with Crippen LogP contribution < -0.4 is 4.57 Å². The largest absolute Gasteiger partial charge is 0.382 e. The van der Waals surface area contributed by atoms with Crippen molar-refractivity contribution >= 4 is 11.8 Å². The maximum atomic E-state index is 10.7. The molecule has 2 N–H and O–H groups in total. The van der Waals surface area contributed by atoms with Gasteiger partial charge in [0.25, 0.3) is 5.82 Å². The molecule has 1 aromatic heterocycles. The van der Waals surface area contributed by atoms with Crippen molar-refractivity contribution in [1.29, 1.82) is 0 Å². The van der Waals surface area contributed by atoms with Crippen molar-refractivity contribution in [1.82, 2.24) is 4.98 Å². The zero-order chi connectivity index (χ0) is 22.9. The van der Waals surface area contributed by atoms with E-state index in [0.717, 1.165) is 22.8 Å². The molecule has 0 unspecified atom stereocenters. The summed E-state index contributed by atoms with van der Waals surface area (Å²) in [6, 6.07) is 25.7. The van der Waals surface area contributed by atoms with Gasteiger partial charge < -0.3 is 5.11 Å². The van der Waals surface area contributed by atoms with Crippen LogP contribution in [0, 0.1) is 0 Å². The number of aromatic nitrogens is 2. The highest BCUT2D eigenvalue weighted by Crippen LogP contribution is 2.30. The monoisotopic (exact) mass is 443 g/mol. The number of nitrogens with one attached hydrogen (secondary N) is 1.